The van der Waals surface area contributed by atoms with Gasteiger partial charge >= 0.3 is 0 Å². The molecule has 0 saturated carbocycles. The summed E-state index contributed by atoms with van der Waals surface area (Å²) in [6, 6.07) is 0. The summed E-state index contributed by atoms with van der Waals surface area (Å²) in [6.45, 7) is 11.5. The number of nitrogens with one attached hydrogen (secondary N) is 1. The third kappa shape index (κ3) is 5.74. The van der Waals surface area contributed by atoms with Crippen molar-refractivity contribution >= 4 is 0 Å². The topological polar surface area (TPSA) is 21.3 Å². The second-order valence-electron chi connectivity index (χ2n) is 2.19. The minimum atomic E-state index is 0.721. The zero-order valence-corrected chi connectivity index (χ0v) is 7.68. The van der Waals surface area contributed by atoms with Crippen molar-refractivity contribution in [2.75, 3.05) is 19.8 Å². The van der Waals surface area contributed by atoms with E-state index in [-0.39, 0.29) is 0 Å². The van der Waals surface area contributed by atoms with Gasteiger partial charge in [-0.2, -0.15) is 0 Å². The van der Waals surface area contributed by atoms with Gasteiger partial charge in [-0.1, -0.05) is 19.2 Å². The van der Waals surface area contributed by atoms with Crippen LogP contribution in [0.2, 0.25) is 0 Å². The molecule has 0 atom stereocenters. The Hall–Kier alpha value is -1.02. The van der Waals surface area contributed by atoms with Gasteiger partial charge in [-0.15, -0.1) is 0 Å². The molecule has 0 aliphatic carbocycles. The lowest BCUT2D eigenvalue weighted by atomic mass is 10.4. The van der Waals surface area contributed by atoms with Gasteiger partial charge in [0.05, 0.1) is 6.61 Å². The molecule has 0 amide bonds. The number of hydrogen-bond acceptors (Lipinski definition) is 2. The molecule has 12 heavy (non-hydrogen) atoms. The summed E-state index contributed by atoms with van der Waals surface area (Å²) >= 11 is 0. The fourth-order valence-electron chi connectivity index (χ4n) is 0.738. The molecule has 0 aromatic carbocycles. The summed E-state index contributed by atoms with van der Waals surface area (Å²) in [4.78, 5) is 0. The molecule has 2 nitrogen and oxygen atoms in total. The van der Waals surface area contributed by atoms with Crippen molar-refractivity contribution in [1.82, 2.24) is 5.32 Å². The van der Waals surface area contributed by atoms with E-state index in [0.29, 0.717) is 0 Å². The van der Waals surface area contributed by atoms with Crippen LogP contribution in [-0.2, 0) is 4.74 Å². The van der Waals surface area contributed by atoms with Crippen LogP contribution < -0.4 is 5.32 Å². The number of rotatable bonds is 7. The average Bonchev–Trinajstić information content (AvgIpc) is 2.10. The molecular formula is C10H17NO. The minimum absolute atomic E-state index is 0.721. The molecule has 0 aliphatic heterocycles. The number of hydrogen-bond donors (Lipinski definition) is 1. The second kappa shape index (κ2) is 8.08. The second-order valence-corrected chi connectivity index (χ2v) is 2.19. The molecule has 0 aromatic rings. The van der Waals surface area contributed by atoms with Gasteiger partial charge in [0.15, 0.2) is 0 Å². The Kier molecular flexibility index (Phi) is 7.39. The van der Waals surface area contributed by atoms with Crippen LogP contribution >= 0.6 is 0 Å². The fourth-order valence-corrected chi connectivity index (χ4v) is 0.738. The average molecular weight is 167 g/mol. The Morgan fingerprint density at radius 1 is 1.50 bits per heavy atom. The Morgan fingerprint density at radius 3 is 2.75 bits per heavy atom. The third-order valence-electron chi connectivity index (χ3n) is 1.30. The first kappa shape index (κ1) is 11.0. The SMILES string of the molecule is C=C/C=C(\C=C)NCCOCC. The quantitative estimate of drug-likeness (QED) is 0.461. The Labute approximate surface area is 74.6 Å². The van der Waals surface area contributed by atoms with Crippen LogP contribution in [0.25, 0.3) is 0 Å². The van der Waals surface area contributed by atoms with Gasteiger partial charge in [-0.05, 0) is 19.1 Å². The fraction of sp³-hybridized carbons (Fsp3) is 0.400. The molecule has 0 fully saturated rings. The summed E-state index contributed by atoms with van der Waals surface area (Å²) in [7, 11) is 0. The number of ether oxygens (including phenoxy) is 1. The first-order chi connectivity index (χ1) is 5.85. The third-order valence-corrected chi connectivity index (χ3v) is 1.30. The lowest BCUT2D eigenvalue weighted by molar-refractivity contribution is 0.151. The highest BCUT2D eigenvalue weighted by atomic mass is 16.5. The van der Waals surface area contributed by atoms with Gasteiger partial charge in [-0.3, -0.25) is 0 Å². The van der Waals surface area contributed by atoms with Crippen molar-refractivity contribution in [1.29, 1.82) is 0 Å². The molecule has 68 valence electrons. The summed E-state index contributed by atoms with van der Waals surface area (Å²) in [6.07, 6.45) is 5.36. The van der Waals surface area contributed by atoms with Crippen LogP contribution in [-0.4, -0.2) is 19.8 Å². The minimum Gasteiger partial charge on any atom is -0.383 e. The van der Waals surface area contributed by atoms with E-state index < -0.39 is 0 Å². The largest absolute Gasteiger partial charge is 0.383 e. The van der Waals surface area contributed by atoms with E-state index in [9.17, 15) is 0 Å². The number of allylic oxidation sites excluding steroid dienone is 3. The summed E-state index contributed by atoms with van der Waals surface area (Å²) in [5.41, 5.74) is 0.977. The molecule has 0 aliphatic rings. The van der Waals surface area contributed by atoms with Crippen molar-refractivity contribution in [2.24, 2.45) is 0 Å². The molecule has 0 bridgehead atoms. The van der Waals surface area contributed by atoms with E-state index in [1.54, 1.807) is 12.2 Å². The van der Waals surface area contributed by atoms with Crippen LogP contribution in [0.15, 0.2) is 37.1 Å². The van der Waals surface area contributed by atoms with Crippen LogP contribution in [0.1, 0.15) is 6.92 Å². The highest BCUT2D eigenvalue weighted by Crippen LogP contribution is 1.89. The molecule has 1 N–H and O–H groups in total. The van der Waals surface area contributed by atoms with Crippen LogP contribution in [0.3, 0.4) is 0 Å². The van der Waals surface area contributed by atoms with E-state index in [1.807, 2.05) is 13.0 Å². The lowest BCUT2D eigenvalue weighted by Crippen LogP contribution is -2.17. The van der Waals surface area contributed by atoms with E-state index >= 15 is 0 Å². The highest BCUT2D eigenvalue weighted by Gasteiger charge is 1.87. The highest BCUT2D eigenvalue weighted by molar-refractivity contribution is 5.18. The predicted octanol–water partition coefficient (Wildman–Crippen LogP) is 1.87. The van der Waals surface area contributed by atoms with Gasteiger partial charge in [0, 0.05) is 18.8 Å². The van der Waals surface area contributed by atoms with Crippen LogP contribution in [0.5, 0.6) is 0 Å². The molecule has 0 spiro atoms. The molecule has 0 saturated heterocycles. The zero-order valence-electron chi connectivity index (χ0n) is 7.68. The van der Waals surface area contributed by atoms with Gasteiger partial charge in [0.2, 0.25) is 0 Å². The van der Waals surface area contributed by atoms with E-state index in [0.717, 1.165) is 25.5 Å². The van der Waals surface area contributed by atoms with Crippen molar-refractivity contribution in [2.45, 2.75) is 6.92 Å². The van der Waals surface area contributed by atoms with Gasteiger partial charge in [0.25, 0.3) is 0 Å². The Bertz CT molecular complexity index is 161. The first-order valence-electron chi connectivity index (χ1n) is 4.12. The molecule has 0 unspecified atom stereocenters. The zero-order chi connectivity index (χ0) is 9.23. The molecular weight excluding hydrogens is 150 g/mol. The predicted molar refractivity (Wildman–Crippen MR) is 53.0 cm³/mol. The first-order valence-corrected chi connectivity index (χ1v) is 4.12. The van der Waals surface area contributed by atoms with Crippen molar-refractivity contribution in [3.63, 3.8) is 0 Å². The smallest absolute Gasteiger partial charge is 0.0638 e. The van der Waals surface area contributed by atoms with Crippen LogP contribution in [0.4, 0.5) is 0 Å². The van der Waals surface area contributed by atoms with Crippen molar-refractivity contribution in [3.05, 3.63) is 37.1 Å². The molecule has 0 heterocycles. The summed E-state index contributed by atoms with van der Waals surface area (Å²) in [5, 5.41) is 3.15. The van der Waals surface area contributed by atoms with Crippen LogP contribution in [0, 0.1) is 0 Å². The molecule has 0 rings (SSSR count). The standard InChI is InChI=1S/C10H17NO/c1-4-7-10(5-2)11-8-9-12-6-3/h4-5,7,11H,1-2,6,8-9H2,3H3/b10-7+. The Balaban J connectivity index is 3.51. The maximum atomic E-state index is 5.16. The van der Waals surface area contributed by atoms with E-state index in [4.69, 9.17) is 4.74 Å². The maximum Gasteiger partial charge on any atom is 0.0638 e. The normalized spacial score (nSPS) is 10.9. The molecule has 0 radical (unpaired) electrons. The maximum absolute atomic E-state index is 5.16. The monoisotopic (exact) mass is 167 g/mol. The lowest BCUT2D eigenvalue weighted by Gasteiger charge is -2.05. The van der Waals surface area contributed by atoms with Gasteiger partial charge < -0.3 is 10.1 Å². The van der Waals surface area contributed by atoms with Crippen molar-refractivity contribution < 1.29 is 4.74 Å². The molecule has 2 heteroatoms. The van der Waals surface area contributed by atoms with Gasteiger partial charge in [-0.25, -0.2) is 0 Å². The molecule has 0 aromatic heterocycles. The summed E-state index contributed by atoms with van der Waals surface area (Å²) < 4.78 is 5.16. The summed E-state index contributed by atoms with van der Waals surface area (Å²) in [5.74, 6) is 0. The van der Waals surface area contributed by atoms with Gasteiger partial charge in [0.1, 0.15) is 0 Å². The Morgan fingerprint density at radius 2 is 2.25 bits per heavy atom. The van der Waals surface area contributed by atoms with E-state index in [1.165, 1.54) is 0 Å². The van der Waals surface area contributed by atoms with Crippen molar-refractivity contribution in [3.8, 4) is 0 Å². The van der Waals surface area contributed by atoms with E-state index in [2.05, 4.69) is 18.5 Å².